The van der Waals surface area contributed by atoms with E-state index in [1.54, 1.807) is 0 Å². The second-order valence-corrected chi connectivity index (χ2v) is 12.1. The van der Waals surface area contributed by atoms with E-state index in [4.69, 9.17) is 22.9 Å². The molecule has 5 atom stereocenters. The molecule has 260 valence electrons. The van der Waals surface area contributed by atoms with Crippen molar-refractivity contribution < 1.29 is 39.0 Å². The summed E-state index contributed by atoms with van der Waals surface area (Å²) in [5.74, 6) is -4.52. The Bertz CT molecular complexity index is 1290. The molecular weight excluding hydrogens is 634 g/mol. The van der Waals surface area contributed by atoms with Crippen molar-refractivity contribution in [1.82, 2.24) is 20.9 Å². The number of guanidine groups is 1. The van der Waals surface area contributed by atoms with Crippen molar-refractivity contribution in [3.05, 3.63) is 29.8 Å². The number of primary amides is 1. The number of carbonyl (C=O) groups excluding carboxylic acids is 5. The lowest BCUT2D eigenvalue weighted by molar-refractivity contribution is -0.149. The lowest BCUT2D eigenvalue weighted by atomic mass is 10.0. The van der Waals surface area contributed by atoms with Gasteiger partial charge in [-0.1, -0.05) is 12.1 Å². The average molecular weight is 680 g/mol. The zero-order valence-electron chi connectivity index (χ0n) is 26.2. The van der Waals surface area contributed by atoms with Gasteiger partial charge in [0.25, 0.3) is 0 Å². The molecule has 0 bridgehead atoms. The minimum Gasteiger partial charge on any atom is -0.508 e. The van der Waals surface area contributed by atoms with Crippen LogP contribution in [0.1, 0.15) is 44.1 Å². The Morgan fingerprint density at radius 3 is 2.17 bits per heavy atom. The van der Waals surface area contributed by atoms with Crippen LogP contribution in [0.25, 0.3) is 0 Å². The summed E-state index contributed by atoms with van der Waals surface area (Å²) < 4.78 is 0. The molecule has 1 aliphatic rings. The van der Waals surface area contributed by atoms with Gasteiger partial charge in [-0.25, -0.2) is 4.79 Å². The molecule has 1 saturated heterocycles. The number of thioether (sulfide) groups is 1. The van der Waals surface area contributed by atoms with E-state index < -0.39 is 72.1 Å². The van der Waals surface area contributed by atoms with Crippen LogP contribution in [0.5, 0.6) is 5.75 Å². The van der Waals surface area contributed by atoms with Gasteiger partial charge in [0, 0.05) is 19.5 Å². The molecule has 5 amide bonds. The van der Waals surface area contributed by atoms with E-state index in [2.05, 4.69) is 20.9 Å². The highest BCUT2D eigenvalue weighted by atomic mass is 32.2. The zero-order chi connectivity index (χ0) is 35.1. The molecule has 13 N–H and O–H groups in total. The van der Waals surface area contributed by atoms with Crippen LogP contribution in [0.4, 0.5) is 0 Å². The van der Waals surface area contributed by atoms with Gasteiger partial charge in [-0.15, -0.1) is 0 Å². The number of aliphatic imine (C=N–C) groups is 1. The van der Waals surface area contributed by atoms with Gasteiger partial charge < -0.3 is 54.0 Å². The summed E-state index contributed by atoms with van der Waals surface area (Å²) >= 11 is 1.44. The number of carbonyl (C=O) groups is 6. The molecule has 2 rings (SSSR count). The molecular formula is C29H45N9O8S. The van der Waals surface area contributed by atoms with Crippen molar-refractivity contribution in [1.29, 1.82) is 0 Å². The Balaban J connectivity index is 2.33. The van der Waals surface area contributed by atoms with Crippen molar-refractivity contribution >= 4 is 53.2 Å². The summed E-state index contributed by atoms with van der Waals surface area (Å²) in [6.45, 7) is 0.358. The fraction of sp³-hybridized carbons (Fsp3) is 0.552. The number of nitrogens with two attached hydrogens (primary N) is 4. The van der Waals surface area contributed by atoms with Gasteiger partial charge >= 0.3 is 5.97 Å². The minimum atomic E-state index is -1.34. The van der Waals surface area contributed by atoms with Crippen LogP contribution in [0.15, 0.2) is 29.3 Å². The first-order chi connectivity index (χ1) is 22.2. The number of benzene rings is 1. The molecule has 0 saturated carbocycles. The van der Waals surface area contributed by atoms with Gasteiger partial charge in [-0.3, -0.25) is 29.0 Å². The maximum absolute atomic E-state index is 13.7. The fourth-order valence-corrected chi connectivity index (χ4v) is 5.43. The van der Waals surface area contributed by atoms with E-state index in [-0.39, 0.29) is 50.5 Å². The van der Waals surface area contributed by atoms with Crippen molar-refractivity contribution in [2.24, 2.45) is 27.9 Å². The Kier molecular flexibility index (Phi) is 15.7. The Morgan fingerprint density at radius 1 is 0.957 bits per heavy atom. The molecule has 1 aromatic carbocycles. The summed E-state index contributed by atoms with van der Waals surface area (Å²) in [6.07, 6.45) is 2.55. The SMILES string of the molecule is CSCC[C@H](NC(=O)[C@H](CCCN=C(N)N)NC(=O)[C@H](Cc1ccc(O)cc1)NC(=O)[C@@H](N)CC(N)=O)C(=O)N1CCC[C@H]1C(=O)O. The lowest BCUT2D eigenvalue weighted by Gasteiger charge is -2.29. The standard InChI is InChI=1S/C29H45N9O8S/c1-47-13-10-20(27(44)38-12-3-5-22(38)28(45)46)36-25(42)19(4-2-11-34-29(32)33)35-26(43)21(14-16-6-8-17(39)9-7-16)37-24(41)18(30)15-23(31)40/h6-9,18-22,39H,2-5,10-15,30H2,1H3,(H2,31,40)(H,35,43)(H,36,42)(H,37,41)(H,45,46)(H4,32,33,34)/t18-,19-,20-,21-,22-/m0/s1. The molecule has 17 nitrogen and oxygen atoms in total. The van der Waals surface area contributed by atoms with Crippen LogP contribution in [0, 0.1) is 0 Å². The Hall–Kier alpha value is -4.58. The summed E-state index contributed by atoms with van der Waals surface area (Å²) in [7, 11) is 0. The number of hydrogen-bond acceptors (Lipinski definition) is 10. The molecule has 18 heteroatoms. The van der Waals surface area contributed by atoms with Crippen molar-refractivity contribution in [3.63, 3.8) is 0 Å². The molecule has 1 aliphatic heterocycles. The number of phenols is 1. The highest BCUT2D eigenvalue weighted by Crippen LogP contribution is 2.20. The molecule has 0 spiro atoms. The number of amides is 5. The van der Waals surface area contributed by atoms with E-state index in [1.165, 1.54) is 40.9 Å². The highest BCUT2D eigenvalue weighted by molar-refractivity contribution is 7.98. The smallest absolute Gasteiger partial charge is 0.326 e. The van der Waals surface area contributed by atoms with Crippen LogP contribution >= 0.6 is 11.8 Å². The van der Waals surface area contributed by atoms with Crippen LogP contribution < -0.4 is 38.9 Å². The van der Waals surface area contributed by atoms with Gasteiger partial charge in [0.15, 0.2) is 5.96 Å². The van der Waals surface area contributed by atoms with Crippen LogP contribution in [-0.4, -0.2) is 112 Å². The number of carboxylic acid groups (broad SMARTS) is 1. The largest absolute Gasteiger partial charge is 0.508 e. The predicted octanol–water partition coefficient (Wildman–Crippen LogP) is -2.53. The molecule has 1 aromatic rings. The monoisotopic (exact) mass is 679 g/mol. The number of nitrogens with one attached hydrogen (secondary N) is 3. The summed E-state index contributed by atoms with van der Waals surface area (Å²) in [4.78, 5) is 81.8. The summed E-state index contributed by atoms with van der Waals surface area (Å²) in [5.41, 5.74) is 22.3. The number of rotatable bonds is 19. The second-order valence-electron chi connectivity index (χ2n) is 11.1. The number of aromatic hydroxyl groups is 1. The van der Waals surface area contributed by atoms with E-state index >= 15 is 0 Å². The van der Waals surface area contributed by atoms with Crippen LogP contribution in [0.3, 0.4) is 0 Å². The zero-order valence-corrected chi connectivity index (χ0v) is 27.0. The summed E-state index contributed by atoms with van der Waals surface area (Å²) in [6, 6.07) is -0.0580. The van der Waals surface area contributed by atoms with Crippen LogP contribution in [-0.2, 0) is 35.2 Å². The lowest BCUT2D eigenvalue weighted by Crippen LogP contribution is -2.59. The first kappa shape index (κ1) is 38.6. The first-order valence-electron chi connectivity index (χ1n) is 15.0. The van der Waals surface area contributed by atoms with Crippen molar-refractivity contribution in [2.75, 3.05) is 25.1 Å². The maximum Gasteiger partial charge on any atom is 0.326 e. The Labute approximate surface area is 276 Å². The Morgan fingerprint density at radius 2 is 1.57 bits per heavy atom. The van der Waals surface area contributed by atoms with Gasteiger partial charge in [-0.2, -0.15) is 11.8 Å². The topological polar surface area (TPSA) is 299 Å². The third kappa shape index (κ3) is 13.0. The minimum absolute atomic E-state index is 0.0195. The third-order valence-corrected chi connectivity index (χ3v) is 8.04. The van der Waals surface area contributed by atoms with Gasteiger partial charge in [0.2, 0.25) is 29.5 Å². The maximum atomic E-state index is 13.7. The molecule has 0 aromatic heterocycles. The number of phenolic OH excluding ortho intramolecular Hbond substituents is 1. The first-order valence-corrected chi connectivity index (χ1v) is 16.4. The molecule has 1 fully saturated rings. The molecule has 0 unspecified atom stereocenters. The third-order valence-electron chi connectivity index (χ3n) is 7.39. The van der Waals surface area contributed by atoms with Crippen molar-refractivity contribution in [3.8, 4) is 5.75 Å². The van der Waals surface area contributed by atoms with E-state index in [9.17, 15) is 39.0 Å². The van der Waals surface area contributed by atoms with Gasteiger partial charge in [0.1, 0.15) is 29.9 Å². The second kappa shape index (κ2) is 19.2. The molecule has 0 aliphatic carbocycles. The van der Waals surface area contributed by atoms with E-state index in [0.29, 0.717) is 24.2 Å². The molecule has 0 radical (unpaired) electrons. The normalized spacial score (nSPS) is 16.6. The van der Waals surface area contributed by atoms with E-state index in [0.717, 1.165) is 0 Å². The van der Waals surface area contributed by atoms with Crippen LogP contribution in [0.2, 0.25) is 0 Å². The number of likely N-dealkylation sites (tertiary alicyclic amines) is 1. The summed E-state index contributed by atoms with van der Waals surface area (Å²) in [5, 5.41) is 27.1. The highest BCUT2D eigenvalue weighted by Gasteiger charge is 2.38. The average Bonchev–Trinajstić information content (AvgIpc) is 3.51. The van der Waals surface area contributed by atoms with E-state index in [1.807, 2.05) is 6.26 Å². The van der Waals surface area contributed by atoms with Gasteiger partial charge in [0.05, 0.1) is 12.5 Å². The van der Waals surface area contributed by atoms with Crippen molar-refractivity contribution in [2.45, 2.75) is 75.2 Å². The molecule has 1 heterocycles. The quantitative estimate of drug-likeness (QED) is 0.0416. The van der Waals surface area contributed by atoms with Gasteiger partial charge in [-0.05, 0) is 61.8 Å². The number of carboxylic acids is 1. The fourth-order valence-electron chi connectivity index (χ4n) is 4.96. The number of nitrogens with zero attached hydrogens (tertiary/aromatic N) is 2. The number of hydrogen-bond donors (Lipinski definition) is 9. The predicted molar refractivity (Wildman–Crippen MR) is 175 cm³/mol. The molecule has 47 heavy (non-hydrogen) atoms. The number of aliphatic carboxylic acids is 1.